The summed E-state index contributed by atoms with van der Waals surface area (Å²) in [6, 6.07) is 15.3. The van der Waals surface area contributed by atoms with Crippen LogP contribution in [0.2, 0.25) is 0 Å². The summed E-state index contributed by atoms with van der Waals surface area (Å²) in [7, 11) is -2.31. The second kappa shape index (κ2) is 7.05. The summed E-state index contributed by atoms with van der Waals surface area (Å²) in [5, 5.41) is -0.317. The standard InChI is InChI=1S/C19H16O6S/c1-13-3-9-16(10-4-13)26(21,22)18-12-11-17(25-18)19(20)24-15-7-5-14(23-2)6-8-15/h3-12H,1-2H3. The zero-order valence-corrected chi connectivity index (χ0v) is 14.9. The summed E-state index contributed by atoms with van der Waals surface area (Å²) in [5.74, 6) is -0.0866. The van der Waals surface area contributed by atoms with Gasteiger partial charge in [-0.2, -0.15) is 0 Å². The van der Waals surface area contributed by atoms with Gasteiger partial charge in [0.2, 0.25) is 20.7 Å². The Morgan fingerprint density at radius 3 is 2.12 bits per heavy atom. The molecule has 0 bridgehead atoms. The van der Waals surface area contributed by atoms with E-state index >= 15 is 0 Å². The topological polar surface area (TPSA) is 82.8 Å². The Hall–Kier alpha value is -3.06. The molecule has 2 aromatic carbocycles. The normalized spacial score (nSPS) is 11.2. The number of benzene rings is 2. The van der Waals surface area contributed by atoms with Crippen LogP contribution in [0.3, 0.4) is 0 Å². The second-order valence-electron chi connectivity index (χ2n) is 5.50. The zero-order chi connectivity index (χ0) is 18.7. The minimum atomic E-state index is -3.84. The van der Waals surface area contributed by atoms with E-state index in [2.05, 4.69) is 0 Å². The predicted molar refractivity (Wildman–Crippen MR) is 93.3 cm³/mol. The zero-order valence-electron chi connectivity index (χ0n) is 14.1. The van der Waals surface area contributed by atoms with E-state index in [0.29, 0.717) is 5.75 Å². The minimum Gasteiger partial charge on any atom is -0.497 e. The third-order valence-electron chi connectivity index (χ3n) is 3.65. The van der Waals surface area contributed by atoms with E-state index in [9.17, 15) is 13.2 Å². The molecule has 3 aromatic rings. The van der Waals surface area contributed by atoms with E-state index in [1.807, 2.05) is 6.92 Å². The number of methoxy groups -OCH3 is 1. The first-order chi connectivity index (χ1) is 12.4. The molecular formula is C19H16O6S. The fourth-order valence-electron chi connectivity index (χ4n) is 2.21. The van der Waals surface area contributed by atoms with Crippen LogP contribution in [0.25, 0.3) is 0 Å². The average Bonchev–Trinajstić information content (AvgIpc) is 3.14. The molecule has 0 fully saturated rings. The van der Waals surface area contributed by atoms with Gasteiger partial charge >= 0.3 is 5.97 Å². The van der Waals surface area contributed by atoms with Crippen LogP contribution in [0, 0.1) is 6.92 Å². The molecule has 0 aliphatic carbocycles. The van der Waals surface area contributed by atoms with Crippen molar-refractivity contribution >= 4 is 15.8 Å². The Morgan fingerprint density at radius 2 is 1.50 bits per heavy atom. The molecule has 26 heavy (non-hydrogen) atoms. The van der Waals surface area contributed by atoms with Gasteiger partial charge in [-0.05, 0) is 55.5 Å². The molecule has 0 aliphatic rings. The first kappa shape index (κ1) is 17.8. The van der Waals surface area contributed by atoms with Gasteiger partial charge in [0, 0.05) is 0 Å². The van der Waals surface area contributed by atoms with E-state index in [4.69, 9.17) is 13.9 Å². The van der Waals surface area contributed by atoms with Crippen LogP contribution < -0.4 is 9.47 Å². The average molecular weight is 372 g/mol. The van der Waals surface area contributed by atoms with Crippen molar-refractivity contribution in [3.05, 3.63) is 72.0 Å². The number of esters is 1. The van der Waals surface area contributed by atoms with Gasteiger partial charge in [0.15, 0.2) is 0 Å². The molecular weight excluding hydrogens is 356 g/mol. The maximum atomic E-state index is 12.6. The van der Waals surface area contributed by atoms with Crippen molar-refractivity contribution in [2.75, 3.05) is 7.11 Å². The molecule has 0 saturated carbocycles. The van der Waals surface area contributed by atoms with E-state index in [0.717, 1.165) is 5.56 Å². The van der Waals surface area contributed by atoms with Crippen LogP contribution in [0.1, 0.15) is 16.1 Å². The van der Waals surface area contributed by atoms with Gasteiger partial charge in [-0.15, -0.1) is 0 Å². The number of ether oxygens (including phenoxy) is 2. The molecule has 0 aliphatic heterocycles. The lowest BCUT2D eigenvalue weighted by atomic mass is 10.2. The Morgan fingerprint density at radius 1 is 0.885 bits per heavy atom. The van der Waals surface area contributed by atoms with E-state index in [1.54, 1.807) is 36.4 Å². The molecule has 134 valence electrons. The monoisotopic (exact) mass is 372 g/mol. The van der Waals surface area contributed by atoms with Crippen LogP contribution in [0.4, 0.5) is 0 Å². The summed E-state index contributed by atoms with van der Waals surface area (Å²) in [4.78, 5) is 12.2. The quantitative estimate of drug-likeness (QED) is 0.502. The first-order valence-electron chi connectivity index (χ1n) is 7.68. The molecule has 0 unspecified atom stereocenters. The number of aryl methyl sites for hydroxylation is 1. The molecule has 1 aromatic heterocycles. The Balaban J connectivity index is 1.80. The van der Waals surface area contributed by atoms with Crippen molar-refractivity contribution in [1.82, 2.24) is 0 Å². The van der Waals surface area contributed by atoms with Crippen molar-refractivity contribution in [3.63, 3.8) is 0 Å². The number of hydrogen-bond donors (Lipinski definition) is 0. The SMILES string of the molecule is COc1ccc(OC(=O)c2ccc(S(=O)(=O)c3ccc(C)cc3)o2)cc1. The number of carbonyl (C=O) groups is 1. The molecule has 0 spiro atoms. The highest BCUT2D eigenvalue weighted by Gasteiger charge is 2.24. The van der Waals surface area contributed by atoms with E-state index in [1.165, 1.54) is 31.4 Å². The van der Waals surface area contributed by atoms with E-state index in [-0.39, 0.29) is 21.5 Å². The molecule has 7 heteroatoms. The Bertz CT molecular complexity index is 1010. The van der Waals surface area contributed by atoms with Gasteiger partial charge in [-0.25, -0.2) is 13.2 Å². The van der Waals surface area contributed by atoms with Gasteiger partial charge < -0.3 is 13.9 Å². The highest BCUT2D eigenvalue weighted by atomic mass is 32.2. The van der Waals surface area contributed by atoms with Crippen molar-refractivity contribution in [3.8, 4) is 11.5 Å². The number of rotatable bonds is 5. The van der Waals surface area contributed by atoms with Crippen molar-refractivity contribution < 1.29 is 27.1 Å². The lowest BCUT2D eigenvalue weighted by Crippen LogP contribution is -2.07. The molecule has 0 N–H and O–H groups in total. The van der Waals surface area contributed by atoms with Crippen LogP contribution >= 0.6 is 0 Å². The lowest BCUT2D eigenvalue weighted by Gasteiger charge is -2.04. The van der Waals surface area contributed by atoms with Gasteiger partial charge in [-0.1, -0.05) is 17.7 Å². The largest absolute Gasteiger partial charge is 0.497 e. The molecule has 6 nitrogen and oxygen atoms in total. The van der Waals surface area contributed by atoms with Gasteiger partial charge in [0.1, 0.15) is 11.5 Å². The van der Waals surface area contributed by atoms with Gasteiger partial charge in [0.05, 0.1) is 12.0 Å². The highest BCUT2D eigenvalue weighted by molar-refractivity contribution is 7.91. The number of hydrogen-bond acceptors (Lipinski definition) is 6. The van der Waals surface area contributed by atoms with E-state index < -0.39 is 15.8 Å². The maximum Gasteiger partial charge on any atom is 0.379 e. The van der Waals surface area contributed by atoms with Crippen molar-refractivity contribution in [2.24, 2.45) is 0 Å². The summed E-state index contributed by atoms with van der Waals surface area (Å²) >= 11 is 0. The van der Waals surface area contributed by atoms with Crippen LogP contribution in [-0.2, 0) is 9.84 Å². The second-order valence-corrected chi connectivity index (χ2v) is 7.38. The summed E-state index contributed by atoms with van der Waals surface area (Å²) in [6.45, 7) is 1.86. The number of furan rings is 1. The molecule has 3 rings (SSSR count). The van der Waals surface area contributed by atoms with Crippen molar-refractivity contribution in [1.29, 1.82) is 0 Å². The van der Waals surface area contributed by atoms with Crippen LogP contribution in [-0.4, -0.2) is 21.5 Å². The molecule has 0 radical (unpaired) electrons. The fourth-order valence-corrected chi connectivity index (χ4v) is 3.38. The third-order valence-corrected chi connectivity index (χ3v) is 5.29. The summed E-state index contributed by atoms with van der Waals surface area (Å²) in [5.41, 5.74) is 0.937. The number of carbonyl (C=O) groups excluding carboxylic acids is 1. The van der Waals surface area contributed by atoms with Crippen LogP contribution in [0.5, 0.6) is 11.5 Å². The molecule has 1 heterocycles. The van der Waals surface area contributed by atoms with Gasteiger partial charge in [-0.3, -0.25) is 0 Å². The molecule has 0 atom stereocenters. The smallest absolute Gasteiger partial charge is 0.379 e. The first-order valence-corrected chi connectivity index (χ1v) is 9.16. The Kier molecular flexibility index (Phi) is 4.81. The minimum absolute atomic E-state index is 0.0903. The Labute approximate surface area is 150 Å². The highest BCUT2D eigenvalue weighted by Crippen LogP contribution is 2.24. The third kappa shape index (κ3) is 3.62. The lowest BCUT2D eigenvalue weighted by molar-refractivity contribution is 0.0695. The molecule has 0 amide bonds. The summed E-state index contributed by atoms with van der Waals surface area (Å²) < 4.78 is 40.5. The maximum absolute atomic E-state index is 12.6. The van der Waals surface area contributed by atoms with Crippen molar-refractivity contribution in [2.45, 2.75) is 16.9 Å². The summed E-state index contributed by atoms with van der Waals surface area (Å²) in [6.07, 6.45) is 0. The molecule has 0 saturated heterocycles. The predicted octanol–water partition coefficient (Wildman–Crippen LogP) is 3.65. The van der Waals surface area contributed by atoms with Gasteiger partial charge in [0.25, 0.3) is 0 Å². The fraction of sp³-hybridized carbons (Fsp3) is 0.105. The van der Waals surface area contributed by atoms with Crippen LogP contribution in [0.15, 0.2) is 75.1 Å². The number of sulfone groups is 1.